The molecule has 88 valence electrons. The molecule has 0 aromatic rings. The number of carbonyl (C=O) groups is 1. The number of aliphatic hydroxyl groups is 2. The molecule has 0 saturated carbocycles. The second-order valence-corrected chi connectivity index (χ2v) is 3.62. The molecule has 0 aliphatic rings. The summed E-state index contributed by atoms with van der Waals surface area (Å²) < 4.78 is 5.02. The van der Waals surface area contributed by atoms with E-state index in [1.807, 2.05) is 6.92 Å². The van der Waals surface area contributed by atoms with Gasteiger partial charge in [0, 0.05) is 5.57 Å². The van der Waals surface area contributed by atoms with Crippen LogP contribution in [0.5, 0.6) is 0 Å². The van der Waals surface area contributed by atoms with Gasteiger partial charge in [0.05, 0.1) is 6.61 Å². The summed E-state index contributed by atoms with van der Waals surface area (Å²) in [5.74, 6) is -0.524. The summed E-state index contributed by atoms with van der Waals surface area (Å²) in [6.45, 7) is 6.60. The van der Waals surface area contributed by atoms with Gasteiger partial charge in [0.1, 0.15) is 12.2 Å². The van der Waals surface area contributed by atoms with Crippen molar-refractivity contribution in [3.8, 4) is 0 Å². The van der Waals surface area contributed by atoms with Gasteiger partial charge in [0.2, 0.25) is 0 Å². The van der Waals surface area contributed by atoms with E-state index < -0.39 is 24.8 Å². The van der Waals surface area contributed by atoms with Gasteiger partial charge >= 0.3 is 5.97 Å². The highest BCUT2D eigenvalue weighted by Gasteiger charge is 2.22. The maximum absolute atomic E-state index is 11.2. The second-order valence-electron chi connectivity index (χ2n) is 3.62. The Labute approximate surface area is 90.6 Å². The molecular weight excluding hydrogens is 196 g/mol. The number of rotatable bonds is 7. The minimum Gasteiger partial charge on any atom is -0.456 e. The fraction of sp³-hybridized carbons (Fsp3) is 0.727. The highest BCUT2D eigenvalue weighted by molar-refractivity contribution is 5.87. The first-order valence-electron chi connectivity index (χ1n) is 5.18. The summed E-state index contributed by atoms with van der Waals surface area (Å²) in [4.78, 5) is 11.2. The third-order valence-corrected chi connectivity index (χ3v) is 2.07. The molecule has 2 atom stereocenters. The molecule has 15 heavy (non-hydrogen) atoms. The topological polar surface area (TPSA) is 66.8 Å². The van der Waals surface area contributed by atoms with Crippen LogP contribution in [0.25, 0.3) is 0 Å². The highest BCUT2D eigenvalue weighted by Crippen LogP contribution is 2.11. The van der Waals surface area contributed by atoms with Gasteiger partial charge in [-0.25, -0.2) is 4.79 Å². The van der Waals surface area contributed by atoms with Gasteiger partial charge in [-0.15, -0.1) is 0 Å². The first-order valence-corrected chi connectivity index (χ1v) is 5.18. The van der Waals surface area contributed by atoms with Gasteiger partial charge in [0.25, 0.3) is 0 Å². The van der Waals surface area contributed by atoms with Crippen molar-refractivity contribution >= 4 is 5.97 Å². The maximum atomic E-state index is 11.2. The summed E-state index contributed by atoms with van der Waals surface area (Å²) in [5.41, 5.74) is 0.293. The normalized spacial score (nSPS) is 14.4. The van der Waals surface area contributed by atoms with E-state index in [9.17, 15) is 9.90 Å². The van der Waals surface area contributed by atoms with Gasteiger partial charge in [-0.05, 0) is 19.8 Å². The summed E-state index contributed by atoms with van der Waals surface area (Å²) in [5, 5.41) is 18.2. The third-order valence-electron chi connectivity index (χ3n) is 2.07. The molecule has 0 aromatic heterocycles. The lowest BCUT2D eigenvalue weighted by Crippen LogP contribution is -2.34. The summed E-state index contributed by atoms with van der Waals surface area (Å²) >= 11 is 0. The molecular formula is C11H20O4. The van der Waals surface area contributed by atoms with Crippen LogP contribution < -0.4 is 0 Å². The van der Waals surface area contributed by atoms with Crippen LogP contribution >= 0.6 is 0 Å². The predicted molar refractivity (Wildman–Crippen MR) is 57.3 cm³/mol. The molecule has 4 heteroatoms. The molecule has 0 amide bonds. The Morgan fingerprint density at radius 1 is 1.53 bits per heavy atom. The van der Waals surface area contributed by atoms with Crippen LogP contribution in [-0.2, 0) is 9.53 Å². The molecule has 4 nitrogen and oxygen atoms in total. The van der Waals surface area contributed by atoms with E-state index in [0.29, 0.717) is 12.0 Å². The van der Waals surface area contributed by atoms with Crippen molar-refractivity contribution in [2.24, 2.45) is 0 Å². The first-order chi connectivity index (χ1) is 7.02. The number of hydrogen-bond donors (Lipinski definition) is 2. The Balaban J connectivity index is 4.23. The lowest BCUT2D eigenvalue weighted by atomic mass is 10.1. The minimum atomic E-state index is -1.01. The molecule has 2 unspecified atom stereocenters. The standard InChI is InChI=1S/C11H20O4/c1-4-5-6-10(9(13)7-12)15-11(14)8(2)3/h9-10,12-13H,2,4-7H2,1,3H3. The summed E-state index contributed by atoms with van der Waals surface area (Å²) in [6.07, 6.45) is 0.681. The average Bonchev–Trinajstić information content (AvgIpc) is 2.22. The van der Waals surface area contributed by atoms with E-state index >= 15 is 0 Å². The molecule has 0 radical (unpaired) electrons. The van der Waals surface area contributed by atoms with Gasteiger partial charge < -0.3 is 14.9 Å². The average molecular weight is 216 g/mol. The van der Waals surface area contributed by atoms with Crippen LogP contribution in [-0.4, -0.2) is 35.0 Å². The zero-order valence-electron chi connectivity index (χ0n) is 9.40. The Morgan fingerprint density at radius 3 is 2.53 bits per heavy atom. The fourth-order valence-electron chi connectivity index (χ4n) is 1.09. The highest BCUT2D eigenvalue weighted by atomic mass is 16.6. The van der Waals surface area contributed by atoms with E-state index in [4.69, 9.17) is 9.84 Å². The van der Waals surface area contributed by atoms with Crippen molar-refractivity contribution in [3.63, 3.8) is 0 Å². The van der Waals surface area contributed by atoms with Crippen molar-refractivity contribution in [1.29, 1.82) is 0 Å². The Morgan fingerprint density at radius 2 is 2.13 bits per heavy atom. The third kappa shape index (κ3) is 5.54. The van der Waals surface area contributed by atoms with Crippen LogP contribution in [0.2, 0.25) is 0 Å². The van der Waals surface area contributed by atoms with Gasteiger partial charge in [-0.3, -0.25) is 0 Å². The van der Waals surface area contributed by atoms with Crippen molar-refractivity contribution in [2.75, 3.05) is 6.61 Å². The van der Waals surface area contributed by atoms with E-state index in [-0.39, 0.29) is 0 Å². The maximum Gasteiger partial charge on any atom is 0.333 e. The molecule has 0 aliphatic heterocycles. The molecule has 0 aliphatic carbocycles. The molecule has 2 N–H and O–H groups in total. The lowest BCUT2D eigenvalue weighted by Gasteiger charge is -2.21. The van der Waals surface area contributed by atoms with Crippen molar-refractivity contribution in [1.82, 2.24) is 0 Å². The van der Waals surface area contributed by atoms with E-state index in [2.05, 4.69) is 6.58 Å². The summed E-state index contributed by atoms with van der Waals surface area (Å²) in [6, 6.07) is 0. The van der Waals surface area contributed by atoms with E-state index in [1.54, 1.807) is 6.92 Å². The fourth-order valence-corrected chi connectivity index (χ4v) is 1.09. The summed E-state index contributed by atoms with van der Waals surface area (Å²) in [7, 11) is 0. The molecule has 0 heterocycles. The quantitative estimate of drug-likeness (QED) is 0.492. The first kappa shape index (κ1) is 14.1. The molecule has 0 aromatic carbocycles. The van der Waals surface area contributed by atoms with Crippen molar-refractivity contribution in [3.05, 3.63) is 12.2 Å². The number of esters is 1. The van der Waals surface area contributed by atoms with Crippen LogP contribution in [0.3, 0.4) is 0 Å². The van der Waals surface area contributed by atoms with Crippen molar-refractivity contribution < 1.29 is 19.7 Å². The number of ether oxygens (including phenoxy) is 1. The monoisotopic (exact) mass is 216 g/mol. The second kappa shape index (κ2) is 7.43. The van der Waals surface area contributed by atoms with Gasteiger partial charge in [-0.1, -0.05) is 19.9 Å². The predicted octanol–water partition coefficient (Wildman–Crippen LogP) is 1.02. The number of hydrogen-bond acceptors (Lipinski definition) is 4. The van der Waals surface area contributed by atoms with E-state index in [0.717, 1.165) is 12.8 Å². The number of unbranched alkanes of at least 4 members (excludes halogenated alkanes) is 1. The molecule has 0 rings (SSSR count). The Bertz CT molecular complexity index is 213. The Hall–Kier alpha value is -0.870. The SMILES string of the molecule is C=C(C)C(=O)OC(CCCC)C(O)CO. The zero-order chi connectivity index (χ0) is 11.8. The van der Waals surface area contributed by atoms with Crippen molar-refractivity contribution in [2.45, 2.75) is 45.3 Å². The minimum absolute atomic E-state index is 0.293. The molecule has 0 bridgehead atoms. The Kier molecular flexibility index (Phi) is 6.99. The van der Waals surface area contributed by atoms with Crippen LogP contribution in [0.15, 0.2) is 12.2 Å². The smallest absolute Gasteiger partial charge is 0.333 e. The lowest BCUT2D eigenvalue weighted by molar-refractivity contribution is -0.152. The van der Waals surface area contributed by atoms with E-state index in [1.165, 1.54) is 0 Å². The number of aliphatic hydroxyl groups excluding tert-OH is 2. The van der Waals surface area contributed by atoms with Crippen LogP contribution in [0.4, 0.5) is 0 Å². The number of carbonyl (C=O) groups excluding carboxylic acids is 1. The molecule has 0 fully saturated rings. The van der Waals surface area contributed by atoms with Gasteiger partial charge in [0.15, 0.2) is 0 Å². The van der Waals surface area contributed by atoms with Gasteiger partial charge in [-0.2, -0.15) is 0 Å². The molecule has 0 spiro atoms. The van der Waals surface area contributed by atoms with Crippen LogP contribution in [0.1, 0.15) is 33.1 Å². The zero-order valence-corrected chi connectivity index (χ0v) is 9.40. The van der Waals surface area contributed by atoms with Crippen LogP contribution in [0, 0.1) is 0 Å². The largest absolute Gasteiger partial charge is 0.456 e. The molecule has 0 saturated heterocycles.